The van der Waals surface area contributed by atoms with Crippen LogP contribution in [0.4, 0.5) is 0 Å². The van der Waals surface area contributed by atoms with Crippen molar-refractivity contribution in [1.29, 1.82) is 0 Å². The van der Waals surface area contributed by atoms with Crippen molar-refractivity contribution < 1.29 is 0 Å². The lowest BCUT2D eigenvalue weighted by Gasteiger charge is -2.39. The van der Waals surface area contributed by atoms with Crippen molar-refractivity contribution in [3.63, 3.8) is 0 Å². The molecule has 0 radical (unpaired) electrons. The Balaban J connectivity index is 2.62. The largest absolute Gasteiger partial charge is 0.316 e. The lowest BCUT2D eigenvalue weighted by Crippen LogP contribution is -2.46. The van der Waals surface area contributed by atoms with Gasteiger partial charge in [0.15, 0.2) is 0 Å². The van der Waals surface area contributed by atoms with Crippen LogP contribution in [0, 0.1) is 5.41 Å². The van der Waals surface area contributed by atoms with Crippen LogP contribution in [0.5, 0.6) is 0 Å². The van der Waals surface area contributed by atoms with Crippen LogP contribution < -0.4 is 5.32 Å². The fraction of sp³-hybridized carbons (Fsp3) is 1.00. The highest BCUT2D eigenvalue weighted by atomic mass is 15.2. The maximum Gasteiger partial charge on any atom is 0.00671 e. The first kappa shape index (κ1) is 16.0. The summed E-state index contributed by atoms with van der Waals surface area (Å²) in [6, 6.07) is 0.784. The van der Waals surface area contributed by atoms with Crippen LogP contribution in [0.3, 0.4) is 0 Å². The summed E-state index contributed by atoms with van der Waals surface area (Å²) in [7, 11) is 0. The monoisotopic (exact) mass is 254 g/mol. The minimum absolute atomic E-state index is 0.481. The third kappa shape index (κ3) is 4.55. The van der Waals surface area contributed by atoms with Crippen LogP contribution in [-0.4, -0.2) is 37.1 Å². The van der Waals surface area contributed by atoms with Gasteiger partial charge in [0.05, 0.1) is 0 Å². The quantitative estimate of drug-likeness (QED) is 0.746. The van der Waals surface area contributed by atoms with E-state index in [1.54, 1.807) is 0 Å². The molecule has 108 valence electrons. The molecule has 0 bridgehead atoms. The molecule has 1 N–H and O–H groups in total. The van der Waals surface area contributed by atoms with Gasteiger partial charge < -0.3 is 10.2 Å². The molecule has 0 spiro atoms. The van der Waals surface area contributed by atoms with E-state index in [0.717, 1.165) is 12.6 Å². The molecule has 1 aliphatic rings. The molecule has 0 aliphatic carbocycles. The van der Waals surface area contributed by atoms with Gasteiger partial charge in [0, 0.05) is 19.1 Å². The molecule has 0 saturated carbocycles. The van der Waals surface area contributed by atoms with E-state index in [-0.39, 0.29) is 0 Å². The minimum atomic E-state index is 0.481. The first-order valence-corrected chi connectivity index (χ1v) is 8.12. The maximum atomic E-state index is 3.58. The summed E-state index contributed by atoms with van der Waals surface area (Å²) in [6.07, 6.45) is 8.23. The van der Waals surface area contributed by atoms with Gasteiger partial charge in [-0.15, -0.1) is 0 Å². The van der Waals surface area contributed by atoms with E-state index < -0.39 is 0 Å². The minimum Gasteiger partial charge on any atom is -0.316 e. The summed E-state index contributed by atoms with van der Waals surface area (Å²) in [5, 5.41) is 3.58. The molecule has 0 amide bonds. The fourth-order valence-electron chi connectivity index (χ4n) is 3.17. The van der Waals surface area contributed by atoms with Crippen molar-refractivity contribution in [2.24, 2.45) is 5.41 Å². The Kier molecular flexibility index (Phi) is 7.25. The Morgan fingerprint density at radius 1 is 1.11 bits per heavy atom. The lowest BCUT2D eigenvalue weighted by atomic mass is 9.81. The molecular formula is C16H34N2. The first-order chi connectivity index (χ1) is 8.67. The van der Waals surface area contributed by atoms with Crippen LogP contribution in [-0.2, 0) is 0 Å². The number of nitrogens with zero attached hydrogens (tertiary/aromatic N) is 1. The summed E-state index contributed by atoms with van der Waals surface area (Å²) in [4.78, 5) is 2.76. The molecule has 2 heteroatoms. The lowest BCUT2D eigenvalue weighted by molar-refractivity contribution is 0.106. The predicted octanol–water partition coefficient (Wildman–Crippen LogP) is 3.67. The molecule has 0 aromatic rings. The zero-order valence-corrected chi connectivity index (χ0v) is 13.1. The molecule has 2 nitrogen and oxygen atoms in total. The second-order valence-corrected chi connectivity index (χ2v) is 6.16. The topological polar surface area (TPSA) is 15.3 Å². The second kappa shape index (κ2) is 8.16. The molecule has 1 rings (SSSR count). The zero-order chi connectivity index (χ0) is 13.4. The van der Waals surface area contributed by atoms with E-state index in [1.807, 2.05) is 0 Å². The Morgan fingerprint density at radius 2 is 1.83 bits per heavy atom. The van der Waals surface area contributed by atoms with Crippen molar-refractivity contribution >= 4 is 0 Å². The van der Waals surface area contributed by atoms with E-state index >= 15 is 0 Å². The van der Waals surface area contributed by atoms with Crippen LogP contribution >= 0.6 is 0 Å². The van der Waals surface area contributed by atoms with Gasteiger partial charge >= 0.3 is 0 Å². The Bertz CT molecular complexity index is 211. The maximum absolute atomic E-state index is 3.58. The van der Waals surface area contributed by atoms with E-state index in [2.05, 4.69) is 37.9 Å². The Hall–Kier alpha value is -0.0800. The van der Waals surface area contributed by atoms with Crippen molar-refractivity contribution in [3.8, 4) is 0 Å². The smallest absolute Gasteiger partial charge is 0.00671 e. The molecule has 1 unspecified atom stereocenters. The predicted molar refractivity (Wildman–Crippen MR) is 81.1 cm³/mol. The third-order valence-corrected chi connectivity index (χ3v) is 4.98. The molecule has 1 fully saturated rings. The molecule has 1 heterocycles. The number of hydrogen-bond acceptors (Lipinski definition) is 2. The highest BCUT2D eigenvalue weighted by Gasteiger charge is 2.30. The summed E-state index contributed by atoms with van der Waals surface area (Å²) >= 11 is 0. The van der Waals surface area contributed by atoms with Crippen LogP contribution in [0.2, 0.25) is 0 Å². The molecule has 0 aromatic carbocycles. The van der Waals surface area contributed by atoms with Gasteiger partial charge in [-0.1, -0.05) is 33.6 Å². The Labute approximate surface area is 115 Å². The fourth-order valence-corrected chi connectivity index (χ4v) is 3.17. The molecular weight excluding hydrogens is 220 g/mol. The van der Waals surface area contributed by atoms with E-state index in [1.165, 1.54) is 58.2 Å². The van der Waals surface area contributed by atoms with Gasteiger partial charge in [-0.25, -0.2) is 0 Å². The van der Waals surface area contributed by atoms with Crippen molar-refractivity contribution in [1.82, 2.24) is 10.2 Å². The number of rotatable bonds is 7. The van der Waals surface area contributed by atoms with Crippen LogP contribution in [0.25, 0.3) is 0 Å². The van der Waals surface area contributed by atoms with Gasteiger partial charge in [0.25, 0.3) is 0 Å². The average Bonchev–Trinajstić information content (AvgIpc) is 2.60. The second-order valence-electron chi connectivity index (χ2n) is 6.16. The zero-order valence-electron chi connectivity index (χ0n) is 13.1. The summed E-state index contributed by atoms with van der Waals surface area (Å²) in [5.41, 5.74) is 0.481. The van der Waals surface area contributed by atoms with Gasteiger partial charge in [-0.05, 0) is 51.1 Å². The van der Waals surface area contributed by atoms with Gasteiger partial charge in [0.2, 0.25) is 0 Å². The first-order valence-electron chi connectivity index (χ1n) is 8.12. The highest BCUT2D eigenvalue weighted by molar-refractivity contribution is 4.85. The molecule has 0 aromatic heterocycles. The van der Waals surface area contributed by atoms with E-state index in [4.69, 9.17) is 0 Å². The van der Waals surface area contributed by atoms with Crippen LogP contribution in [0.1, 0.15) is 66.2 Å². The normalized spacial score (nSPS) is 23.0. The van der Waals surface area contributed by atoms with Crippen molar-refractivity contribution in [2.45, 2.75) is 72.3 Å². The third-order valence-electron chi connectivity index (χ3n) is 4.98. The van der Waals surface area contributed by atoms with Crippen molar-refractivity contribution in [2.75, 3.05) is 26.2 Å². The molecule has 1 atom stereocenters. The van der Waals surface area contributed by atoms with Gasteiger partial charge in [0.1, 0.15) is 0 Å². The Morgan fingerprint density at radius 3 is 2.44 bits per heavy atom. The molecule has 18 heavy (non-hydrogen) atoms. The number of hydrogen-bond donors (Lipinski definition) is 1. The summed E-state index contributed by atoms with van der Waals surface area (Å²) in [5.74, 6) is 0. The standard InChI is InChI=1S/C16H34N2/c1-5-16(6-2,13-17-7-3)14-18-12-10-8-9-11-15(18)4/h15,17H,5-14H2,1-4H3. The van der Waals surface area contributed by atoms with Gasteiger partial charge in [-0.2, -0.15) is 0 Å². The van der Waals surface area contributed by atoms with Crippen LogP contribution in [0.15, 0.2) is 0 Å². The average molecular weight is 254 g/mol. The SMILES string of the molecule is CCNCC(CC)(CC)CN1CCCCCC1C. The molecule has 1 aliphatic heterocycles. The van der Waals surface area contributed by atoms with Gasteiger partial charge in [-0.3, -0.25) is 0 Å². The molecule has 1 saturated heterocycles. The van der Waals surface area contributed by atoms with E-state index in [0.29, 0.717) is 5.41 Å². The number of nitrogens with one attached hydrogen (secondary N) is 1. The number of likely N-dealkylation sites (tertiary alicyclic amines) is 1. The highest BCUT2D eigenvalue weighted by Crippen LogP contribution is 2.29. The summed E-state index contributed by atoms with van der Waals surface area (Å²) in [6.45, 7) is 14.2. The summed E-state index contributed by atoms with van der Waals surface area (Å²) < 4.78 is 0. The van der Waals surface area contributed by atoms with Crippen molar-refractivity contribution in [3.05, 3.63) is 0 Å². The van der Waals surface area contributed by atoms with E-state index in [9.17, 15) is 0 Å².